The van der Waals surface area contributed by atoms with Gasteiger partial charge >= 0.3 is 0 Å². The molecule has 1 amide bonds. The van der Waals surface area contributed by atoms with Gasteiger partial charge in [-0.1, -0.05) is 83.9 Å². The van der Waals surface area contributed by atoms with E-state index in [9.17, 15) is 14.9 Å². The number of nitro benzene ring substituents is 1. The largest absolute Gasteiger partial charge is 0.299 e. The van der Waals surface area contributed by atoms with Crippen LogP contribution in [0.5, 0.6) is 0 Å². The fourth-order valence-corrected chi connectivity index (χ4v) is 5.00. The number of amides is 1. The molecule has 2 N–H and O–H groups in total. The van der Waals surface area contributed by atoms with Crippen molar-refractivity contribution in [3.63, 3.8) is 0 Å². The predicted octanol–water partition coefficient (Wildman–Crippen LogP) is 4.12. The van der Waals surface area contributed by atoms with Crippen molar-refractivity contribution in [3.05, 3.63) is 82.4 Å². The molecule has 0 atom stereocenters. The summed E-state index contributed by atoms with van der Waals surface area (Å²) in [6, 6.07) is 16.1. The van der Waals surface area contributed by atoms with E-state index in [1.54, 1.807) is 23.9 Å². The molecule has 3 rings (SSSR count). The molecule has 0 aliphatic rings. The summed E-state index contributed by atoms with van der Waals surface area (Å²) in [6.07, 6.45) is 0. The van der Waals surface area contributed by atoms with Gasteiger partial charge in [-0.2, -0.15) is 0 Å². The van der Waals surface area contributed by atoms with Crippen LogP contribution in [0.15, 0.2) is 69.9 Å². The van der Waals surface area contributed by atoms with Gasteiger partial charge in [0, 0.05) is 23.4 Å². The number of hydrogen-bond acceptors (Lipinski definition) is 9. The molecule has 11 heteroatoms. The van der Waals surface area contributed by atoms with Gasteiger partial charge in [-0.25, -0.2) is 0 Å². The second-order valence-electron chi connectivity index (χ2n) is 5.86. The molecule has 1 aromatic heterocycles. The van der Waals surface area contributed by atoms with Crippen LogP contribution in [-0.4, -0.2) is 26.8 Å². The number of aromatic nitrogens is 2. The maximum Gasteiger partial charge on any atom is 0.270 e. The minimum atomic E-state index is -0.486. The molecule has 0 radical (unpaired) electrons. The topological polar surface area (TPSA) is 110 Å². The minimum Gasteiger partial charge on any atom is -0.299 e. The molecule has 154 valence electrons. The number of nitro groups is 1. The maximum atomic E-state index is 12.1. The van der Waals surface area contributed by atoms with Gasteiger partial charge in [-0.05, 0) is 5.56 Å². The number of hydrazine groups is 1. The van der Waals surface area contributed by atoms with E-state index in [1.165, 1.54) is 40.8 Å². The molecular weight excluding hydrogens is 442 g/mol. The summed E-state index contributed by atoms with van der Waals surface area (Å²) in [5, 5.41) is 19.1. The van der Waals surface area contributed by atoms with Crippen LogP contribution in [-0.2, 0) is 10.5 Å². The smallest absolute Gasteiger partial charge is 0.270 e. The summed E-state index contributed by atoms with van der Waals surface area (Å²) in [4.78, 5) is 22.4. The van der Waals surface area contributed by atoms with Crippen molar-refractivity contribution < 1.29 is 9.72 Å². The van der Waals surface area contributed by atoms with Crippen molar-refractivity contribution in [2.45, 2.75) is 14.4 Å². The lowest BCUT2D eigenvalue weighted by atomic mass is 10.1. The van der Waals surface area contributed by atoms with Gasteiger partial charge in [0.1, 0.15) is 0 Å². The van der Waals surface area contributed by atoms with E-state index < -0.39 is 4.92 Å². The highest BCUT2D eigenvalue weighted by Crippen LogP contribution is 2.30. The van der Waals surface area contributed by atoms with Crippen molar-refractivity contribution >= 4 is 52.2 Å². The quantitative estimate of drug-likeness (QED) is 0.265. The molecule has 30 heavy (non-hydrogen) atoms. The lowest BCUT2D eigenvalue weighted by Crippen LogP contribution is -2.37. The van der Waals surface area contributed by atoms with Crippen LogP contribution < -0.4 is 10.9 Å². The van der Waals surface area contributed by atoms with E-state index in [2.05, 4.69) is 39.8 Å². The summed E-state index contributed by atoms with van der Waals surface area (Å²) < 4.78 is 1.55. The minimum absolute atomic E-state index is 0.0467. The molecule has 0 unspecified atom stereocenters. The SMILES string of the molecule is C=C(NNC(=O)CSc1nnc(SCc2ccccc2)s1)c1cccc([N+](=O)[O-])c1. The number of carbonyl (C=O) groups excluding carboxylic acids is 1. The maximum absolute atomic E-state index is 12.1. The number of benzene rings is 2. The molecule has 0 fully saturated rings. The highest BCUT2D eigenvalue weighted by Gasteiger charge is 2.11. The van der Waals surface area contributed by atoms with Crippen LogP contribution in [0.3, 0.4) is 0 Å². The molecule has 0 saturated carbocycles. The van der Waals surface area contributed by atoms with E-state index in [-0.39, 0.29) is 17.3 Å². The molecule has 2 aromatic carbocycles. The van der Waals surface area contributed by atoms with Crippen molar-refractivity contribution in [2.24, 2.45) is 0 Å². The average Bonchev–Trinajstić information content (AvgIpc) is 3.23. The monoisotopic (exact) mass is 459 g/mol. The van der Waals surface area contributed by atoms with Gasteiger partial charge in [0.15, 0.2) is 8.68 Å². The molecule has 0 bridgehead atoms. The zero-order valence-electron chi connectivity index (χ0n) is 15.6. The molecule has 0 aliphatic heterocycles. The Morgan fingerprint density at radius 3 is 2.53 bits per heavy atom. The van der Waals surface area contributed by atoms with Gasteiger partial charge < -0.3 is 0 Å². The number of hydrogen-bond donors (Lipinski definition) is 2. The van der Waals surface area contributed by atoms with Crippen LogP contribution in [0.2, 0.25) is 0 Å². The predicted molar refractivity (Wildman–Crippen MR) is 120 cm³/mol. The van der Waals surface area contributed by atoms with Gasteiger partial charge in [-0.15, -0.1) is 10.2 Å². The second kappa shape index (κ2) is 10.8. The summed E-state index contributed by atoms with van der Waals surface area (Å²) in [7, 11) is 0. The van der Waals surface area contributed by atoms with Gasteiger partial charge in [0.2, 0.25) is 5.91 Å². The van der Waals surface area contributed by atoms with Crippen molar-refractivity contribution in [1.29, 1.82) is 0 Å². The van der Waals surface area contributed by atoms with Crippen LogP contribution in [0, 0.1) is 10.1 Å². The normalized spacial score (nSPS) is 10.4. The highest BCUT2D eigenvalue weighted by molar-refractivity contribution is 8.03. The molecule has 0 saturated heterocycles. The third kappa shape index (κ3) is 6.58. The third-order valence-electron chi connectivity index (χ3n) is 3.68. The van der Waals surface area contributed by atoms with Crippen molar-refractivity contribution in [1.82, 2.24) is 21.0 Å². The van der Waals surface area contributed by atoms with E-state index in [4.69, 9.17) is 0 Å². The van der Waals surface area contributed by atoms with Crippen molar-refractivity contribution in [2.75, 3.05) is 5.75 Å². The van der Waals surface area contributed by atoms with E-state index in [0.717, 1.165) is 10.1 Å². The first-order valence-electron chi connectivity index (χ1n) is 8.63. The van der Waals surface area contributed by atoms with Gasteiger partial charge in [0.25, 0.3) is 5.69 Å². The number of carbonyl (C=O) groups is 1. The van der Waals surface area contributed by atoms with Crippen LogP contribution in [0.25, 0.3) is 5.70 Å². The van der Waals surface area contributed by atoms with Crippen LogP contribution >= 0.6 is 34.9 Å². The molecule has 8 nitrogen and oxygen atoms in total. The Morgan fingerprint density at radius 2 is 1.80 bits per heavy atom. The number of nitrogens with zero attached hydrogens (tertiary/aromatic N) is 3. The first-order chi connectivity index (χ1) is 14.5. The fourth-order valence-electron chi connectivity index (χ4n) is 2.22. The lowest BCUT2D eigenvalue weighted by molar-refractivity contribution is -0.384. The Labute approximate surface area is 185 Å². The van der Waals surface area contributed by atoms with E-state index in [1.807, 2.05) is 18.2 Å². The standard InChI is InChI=1S/C19H17N5O3S3/c1-13(15-8-5-9-16(10-15)24(26)27)20-21-17(25)12-29-19-23-22-18(30-19)28-11-14-6-3-2-4-7-14/h2-10,20H,1,11-12H2,(H,21,25). The summed E-state index contributed by atoms with van der Waals surface area (Å²) in [6.45, 7) is 3.79. The van der Waals surface area contributed by atoms with E-state index in [0.29, 0.717) is 15.6 Å². The van der Waals surface area contributed by atoms with Crippen LogP contribution in [0.1, 0.15) is 11.1 Å². The molecular formula is C19H17N5O3S3. The van der Waals surface area contributed by atoms with Gasteiger partial charge in [-0.3, -0.25) is 25.8 Å². The van der Waals surface area contributed by atoms with Crippen molar-refractivity contribution in [3.8, 4) is 0 Å². The number of rotatable bonds is 10. The zero-order valence-corrected chi connectivity index (χ0v) is 18.1. The summed E-state index contributed by atoms with van der Waals surface area (Å²) >= 11 is 4.33. The Balaban J connectivity index is 1.41. The number of non-ortho nitro benzene ring substituents is 1. The average molecular weight is 460 g/mol. The molecule has 0 aliphatic carbocycles. The molecule has 1 heterocycles. The Bertz CT molecular complexity index is 1040. The summed E-state index contributed by atoms with van der Waals surface area (Å²) in [5.41, 5.74) is 7.24. The van der Waals surface area contributed by atoms with Crippen LogP contribution in [0.4, 0.5) is 5.69 Å². The summed E-state index contributed by atoms with van der Waals surface area (Å²) in [5.74, 6) is 0.678. The number of nitrogens with one attached hydrogen (secondary N) is 2. The fraction of sp³-hybridized carbons (Fsp3) is 0.105. The van der Waals surface area contributed by atoms with Gasteiger partial charge in [0.05, 0.1) is 16.4 Å². The van der Waals surface area contributed by atoms with E-state index >= 15 is 0 Å². The molecule has 0 spiro atoms. The third-order valence-corrected chi connectivity index (χ3v) is 6.94. The zero-order chi connectivity index (χ0) is 21.3. The Morgan fingerprint density at radius 1 is 1.07 bits per heavy atom. The highest BCUT2D eigenvalue weighted by atomic mass is 32.2. The molecule has 3 aromatic rings. The Kier molecular flexibility index (Phi) is 7.82. The number of thioether (sulfide) groups is 2. The first kappa shape index (κ1) is 21.8. The Hall–Kier alpha value is -2.89. The second-order valence-corrected chi connectivity index (χ2v) is 9.28. The lowest BCUT2D eigenvalue weighted by Gasteiger charge is -2.10. The first-order valence-corrected chi connectivity index (χ1v) is 11.4.